The summed E-state index contributed by atoms with van der Waals surface area (Å²) in [6.45, 7) is 12.5. The maximum Gasteiger partial charge on any atom is 0.320 e. The Hall–Kier alpha value is -2.49. The first kappa shape index (κ1) is 20.8. The molecule has 5 aliphatic rings. The number of aromatic amines is 1. The van der Waals surface area contributed by atoms with Gasteiger partial charge in [-0.1, -0.05) is 25.9 Å². The second-order valence-corrected chi connectivity index (χ2v) is 12.9. The molecule has 2 amide bonds. The molecule has 0 bridgehead atoms. The zero-order chi connectivity index (χ0) is 23.3. The number of H-pyrrole nitrogens is 1. The Kier molecular flexibility index (Phi) is 4.17. The highest BCUT2D eigenvalue weighted by Gasteiger charge is 2.58. The van der Waals surface area contributed by atoms with Gasteiger partial charge in [-0.15, -0.1) is 10.2 Å². The zero-order valence-electron chi connectivity index (χ0n) is 20.4. The molecule has 3 saturated heterocycles. The van der Waals surface area contributed by atoms with Crippen molar-refractivity contribution in [2.24, 2.45) is 10.8 Å². The van der Waals surface area contributed by atoms with E-state index in [1.54, 1.807) is 0 Å². The highest BCUT2D eigenvalue weighted by atomic mass is 16.5. The van der Waals surface area contributed by atoms with Crippen molar-refractivity contribution in [3.63, 3.8) is 0 Å². The molecule has 2 aliphatic carbocycles. The number of hydrogen-bond donors (Lipinski definition) is 1. The molecular formula is C24H34N8O2. The van der Waals surface area contributed by atoms with Crippen molar-refractivity contribution in [3.05, 3.63) is 23.4 Å². The molecule has 7 rings (SSSR count). The highest BCUT2D eigenvalue weighted by Crippen LogP contribution is 2.56. The maximum absolute atomic E-state index is 12.9. The van der Waals surface area contributed by atoms with E-state index in [9.17, 15) is 4.79 Å². The van der Waals surface area contributed by atoms with Crippen LogP contribution in [-0.4, -0.2) is 85.3 Å². The first-order valence-corrected chi connectivity index (χ1v) is 12.7. The van der Waals surface area contributed by atoms with E-state index in [1.165, 1.54) is 12.8 Å². The second-order valence-electron chi connectivity index (χ2n) is 12.9. The minimum Gasteiger partial charge on any atom is -0.338 e. The molecule has 2 saturated carbocycles. The largest absolute Gasteiger partial charge is 0.338 e. The summed E-state index contributed by atoms with van der Waals surface area (Å²) in [5, 5.41) is 12.8. The lowest BCUT2D eigenvalue weighted by Crippen LogP contribution is -2.75. The van der Waals surface area contributed by atoms with Crippen LogP contribution in [0.3, 0.4) is 0 Å². The zero-order valence-corrected chi connectivity index (χ0v) is 20.4. The molecule has 5 fully saturated rings. The lowest BCUT2D eigenvalue weighted by atomic mass is 9.57. The van der Waals surface area contributed by atoms with Gasteiger partial charge < -0.3 is 19.3 Å². The number of aromatic nitrogens is 5. The summed E-state index contributed by atoms with van der Waals surface area (Å²) in [4.78, 5) is 27.4. The van der Waals surface area contributed by atoms with E-state index in [-0.39, 0.29) is 16.9 Å². The van der Waals surface area contributed by atoms with Gasteiger partial charge in [-0.3, -0.25) is 4.90 Å². The van der Waals surface area contributed by atoms with Crippen LogP contribution >= 0.6 is 0 Å². The number of amides is 2. The maximum atomic E-state index is 12.9. The standard InChI is InChI=1S/C24H34N8O2/c1-22(2,3)20-25-17(34-29-20)8-30-9-24(10-30)13-32(14-24)21(33)31-11-23(12-31)6-16(7-23)19-26-18(27-28-19)15-4-5-15/h15-16H,4-14H2,1-3H3,(H,26,27,28). The van der Waals surface area contributed by atoms with Gasteiger partial charge in [-0.05, 0) is 25.7 Å². The third-order valence-electron chi connectivity index (χ3n) is 8.49. The molecule has 10 heteroatoms. The fourth-order valence-electron chi connectivity index (χ4n) is 6.48. The monoisotopic (exact) mass is 466 g/mol. The summed E-state index contributed by atoms with van der Waals surface area (Å²) in [6.07, 6.45) is 4.74. The van der Waals surface area contributed by atoms with Crippen molar-refractivity contribution in [1.82, 2.24) is 40.0 Å². The van der Waals surface area contributed by atoms with E-state index in [0.29, 0.717) is 29.7 Å². The van der Waals surface area contributed by atoms with Crippen LogP contribution in [0.15, 0.2) is 4.52 Å². The van der Waals surface area contributed by atoms with Crippen LogP contribution < -0.4 is 0 Å². The molecule has 2 spiro atoms. The minimum atomic E-state index is -0.0991. The van der Waals surface area contributed by atoms with E-state index in [4.69, 9.17) is 4.52 Å². The Balaban J connectivity index is 0.844. The van der Waals surface area contributed by atoms with E-state index in [1.807, 2.05) is 9.80 Å². The topological polar surface area (TPSA) is 107 Å². The third kappa shape index (κ3) is 3.36. The molecule has 2 aromatic rings. The SMILES string of the molecule is CC(C)(C)c1noc(CN2CC3(C2)CN(C(=O)N2CC4(CC(c5nnc(C6CC6)[nH]5)C4)C2)C3)n1. The van der Waals surface area contributed by atoms with E-state index < -0.39 is 0 Å². The third-order valence-corrected chi connectivity index (χ3v) is 8.49. The molecule has 0 aromatic carbocycles. The first-order chi connectivity index (χ1) is 16.2. The molecule has 1 N–H and O–H groups in total. The number of carbonyl (C=O) groups is 1. The predicted octanol–water partition coefficient (Wildman–Crippen LogP) is 2.48. The van der Waals surface area contributed by atoms with Crippen molar-refractivity contribution < 1.29 is 9.32 Å². The van der Waals surface area contributed by atoms with Crippen LogP contribution in [0, 0.1) is 10.8 Å². The van der Waals surface area contributed by atoms with Crippen LogP contribution in [-0.2, 0) is 12.0 Å². The number of nitrogens with one attached hydrogen (secondary N) is 1. The van der Waals surface area contributed by atoms with Crippen LogP contribution in [0.4, 0.5) is 4.79 Å². The Bertz CT molecular complexity index is 1100. The predicted molar refractivity (Wildman–Crippen MR) is 122 cm³/mol. The highest BCUT2D eigenvalue weighted by molar-refractivity contribution is 5.77. The van der Waals surface area contributed by atoms with Gasteiger partial charge in [0.25, 0.3) is 0 Å². The second kappa shape index (κ2) is 6.80. The number of rotatable bonds is 4. The van der Waals surface area contributed by atoms with Gasteiger partial charge in [0.15, 0.2) is 5.82 Å². The van der Waals surface area contributed by atoms with Gasteiger partial charge in [-0.25, -0.2) is 4.79 Å². The lowest BCUT2D eigenvalue weighted by Gasteiger charge is -2.63. The Labute approximate surface area is 199 Å². The van der Waals surface area contributed by atoms with Crippen molar-refractivity contribution >= 4 is 6.03 Å². The Morgan fingerprint density at radius 1 is 0.971 bits per heavy atom. The van der Waals surface area contributed by atoms with E-state index in [0.717, 1.165) is 69.6 Å². The van der Waals surface area contributed by atoms with Crippen LogP contribution in [0.1, 0.15) is 81.7 Å². The van der Waals surface area contributed by atoms with E-state index in [2.05, 4.69) is 51.0 Å². The van der Waals surface area contributed by atoms with Gasteiger partial charge in [0, 0.05) is 67.3 Å². The fraction of sp³-hybridized carbons (Fsp3) is 0.792. The molecule has 10 nitrogen and oxygen atoms in total. The average Bonchev–Trinajstić information content (AvgIpc) is 3.19. The summed E-state index contributed by atoms with van der Waals surface area (Å²) < 4.78 is 5.43. The number of urea groups is 1. The summed E-state index contributed by atoms with van der Waals surface area (Å²) in [7, 11) is 0. The molecule has 3 aliphatic heterocycles. The molecule has 0 atom stereocenters. The minimum absolute atomic E-state index is 0.0991. The molecule has 34 heavy (non-hydrogen) atoms. The van der Waals surface area contributed by atoms with Crippen LogP contribution in [0.5, 0.6) is 0 Å². The number of nitrogens with zero attached hydrogens (tertiary/aromatic N) is 7. The molecule has 0 radical (unpaired) electrons. The van der Waals surface area contributed by atoms with Gasteiger partial charge in [0.2, 0.25) is 5.89 Å². The molecule has 2 aromatic heterocycles. The fourth-order valence-corrected chi connectivity index (χ4v) is 6.48. The quantitative estimate of drug-likeness (QED) is 0.738. The van der Waals surface area contributed by atoms with Crippen molar-refractivity contribution in [3.8, 4) is 0 Å². The number of likely N-dealkylation sites (tertiary alicyclic amines) is 3. The number of hydrogen-bond acceptors (Lipinski definition) is 7. The summed E-state index contributed by atoms with van der Waals surface area (Å²) in [5.74, 6) is 4.69. The van der Waals surface area contributed by atoms with Crippen LogP contribution in [0.2, 0.25) is 0 Å². The molecule has 0 unspecified atom stereocenters. The van der Waals surface area contributed by atoms with Crippen molar-refractivity contribution in [1.29, 1.82) is 0 Å². The van der Waals surface area contributed by atoms with Gasteiger partial charge >= 0.3 is 6.03 Å². The van der Waals surface area contributed by atoms with Gasteiger partial charge in [-0.2, -0.15) is 4.98 Å². The van der Waals surface area contributed by atoms with Crippen molar-refractivity contribution in [2.75, 3.05) is 39.3 Å². The first-order valence-electron chi connectivity index (χ1n) is 12.7. The summed E-state index contributed by atoms with van der Waals surface area (Å²) in [6, 6.07) is 0.223. The molecule has 5 heterocycles. The lowest BCUT2D eigenvalue weighted by molar-refractivity contribution is -0.118. The number of carbonyl (C=O) groups excluding carboxylic acids is 1. The van der Waals surface area contributed by atoms with Gasteiger partial charge in [0.05, 0.1) is 6.54 Å². The van der Waals surface area contributed by atoms with Crippen molar-refractivity contribution in [2.45, 2.75) is 70.3 Å². The Morgan fingerprint density at radius 2 is 1.59 bits per heavy atom. The van der Waals surface area contributed by atoms with E-state index >= 15 is 0 Å². The average molecular weight is 467 g/mol. The van der Waals surface area contributed by atoms with Crippen LogP contribution in [0.25, 0.3) is 0 Å². The summed E-state index contributed by atoms with van der Waals surface area (Å²) in [5.41, 5.74) is 0.481. The molecular weight excluding hydrogens is 432 g/mol. The molecule has 182 valence electrons. The normalized spacial score (nSPS) is 25.7. The smallest absolute Gasteiger partial charge is 0.320 e. The summed E-state index contributed by atoms with van der Waals surface area (Å²) >= 11 is 0. The van der Waals surface area contributed by atoms with Gasteiger partial charge in [0.1, 0.15) is 11.6 Å². The Morgan fingerprint density at radius 3 is 2.18 bits per heavy atom.